The van der Waals surface area contributed by atoms with Crippen LogP contribution < -0.4 is 10.6 Å². The van der Waals surface area contributed by atoms with E-state index in [9.17, 15) is 0 Å². The van der Waals surface area contributed by atoms with Gasteiger partial charge in [-0.2, -0.15) is 0 Å². The van der Waals surface area contributed by atoms with Gasteiger partial charge in [0, 0.05) is 25.7 Å². The summed E-state index contributed by atoms with van der Waals surface area (Å²) in [6.07, 6.45) is 4.19. The van der Waals surface area contributed by atoms with Crippen LogP contribution in [0.1, 0.15) is 26.2 Å². The Morgan fingerprint density at radius 3 is 2.41 bits per heavy atom. The summed E-state index contributed by atoms with van der Waals surface area (Å²) < 4.78 is 0. The largest absolute Gasteiger partial charge is 0.317 e. The van der Waals surface area contributed by atoms with Gasteiger partial charge in [0.1, 0.15) is 0 Å². The molecule has 3 nitrogen and oxygen atoms in total. The molecule has 2 aliphatic rings. The van der Waals surface area contributed by atoms with E-state index in [1.54, 1.807) is 0 Å². The summed E-state index contributed by atoms with van der Waals surface area (Å²) in [5.41, 5.74) is 0. The maximum absolute atomic E-state index is 3.45. The van der Waals surface area contributed by atoms with Gasteiger partial charge in [-0.05, 0) is 51.7 Å². The van der Waals surface area contributed by atoms with Gasteiger partial charge in [-0.25, -0.2) is 0 Å². The van der Waals surface area contributed by atoms with Gasteiger partial charge >= 0.3 is 0 Å². The Bertz CT molecular complexity index is 187. The Labute approximate surface area is 118 Å². The zero-order valence-electron chi connectivity index (χ0n) is 10.8. The number of piperazine rings is 1. The Kier molecular flexibility index (Phi) is 9.65. The molecule has 2 aliphatic heterocycles. The van der Waals surface area contributed by atoms with Gasteiger partial charge in [-0.3, -0.25) is 4.90 Å². The molecule has 0 amide bonds. The van der Waals surface area contributed by atoms with Crippen molar-refractivity contribution < 1.29 is 0 Å². The highest BCUT2D eigenvalue weighted by molar-refractivity contribution is 5.85. The Morgan fingerprint density at radius 1 is 1.06 bits per heavy atom. The molecule has 0 aromatic rings. The van der Waals surface area contributed by atoms with Gasteiger partial charge in [-0.1, -0.05) is 0 Å². The van der Waals surface area contributed by atoms with E-state index in [4.69, 9.17) is 0 Å². The molecule has 0 aromatic heterocycles. The molecule has 5 heteroatoms. The first-order chi connectivity index (χ1) is 7.36. The lowest BCUT2D eigenvalue weighted by molar-refractivity contribution is 0.157. The molecule has 104 valence electrons. The summed E-state index contributed by atoms with van der Waals surface area (Å²) in [6.45, 7) is 9.72. The number of hydrogen-bond donors (Lipinski definition) is 2. The van der Waals surface area contributed by atoms with Crippen molar-refractivity contribution in [3.63, 3.8) is 0 Å². The highest BCUT2D eigenvalue weighted by atomic mass is 35.5. The fourth-order valence-corrected chi connectivity index (χ4v) is 2.73. The molecule has 0 radical (unpaired) electrons. The first-order valence-electron chi connectivity index (χ1n) is 6.52. The van der Waals surface area contributed by atoms with Crippen molar-refractivity contribution in [2.75, 3.05) is 39.3 Å². The minimum Gasteiger partial charge on any atom is -0.317 e. The minimum atomic E-state index is 0. The van der Waals surface area contributed by atoms with Crippen molar-refractivity contribution in [3.05, 3.63) is 0 Å². The molecule has 2 N–H and O–H groups in total. The van der Waals surface area contributed by atoms with Crippen LogP contribution in [0.3, 0.4) is 0 Å². The van der Waals surface area contributed by atoms with Crippen LogP contribution in [0.2, 0.25) is 0 Å². The molecule has 0 unspecified atom stereocenters. The number of nitrogens with one attached hydrogen (secondary N) is 2. The molecule has 2 rings (SSSR count). The van der Waals surface area contributed by atoms with E-state index >= 15 is 0 Å². The lowest BCUT2D eigenvalue weighted by Gasteiger charge is -2.35. The van der Waals surface area contributed by atoms with E-state index in [0.29, 0.717) is 0 Å². The highest BCUT2D eigenvalue weighted by Gasteiger charge is 2.19. The summed E-state index contributed by atoms with van der Waals surface area (Å²) in [5, 5.41) is 6.89. The number of hydrogen-bond acceptors (Lipinski definition) is 3. The average Bonchev–Trinajstić information content (AvgIpc) is 2.29. The molecule has 2 saturated heterocycles. The van der Waals surface area contributed by atoms with E-state index in [2.05, 4.69) is 22.5 Å². The Balaban J connectivity index is 0.00000128. The fourth-order valence-electron chi connectivity index (χ4n) is 2.73. The maximum atomic E-state index is 3.45. The molecule has 0 aliphatic carbocycles. The van der Waals surface area contributed by atoms with Gasteiger partial charge in [0.2, 0.25) is 0 Å². The van der Waals surface area contributed by atoms with Gasteiger partial charge in [0.15, 0.2) is 0 Å². The first-order valence-corrected chi connectivity index (χ1v) is 6.52. The van der Waals surface area contributed by atoms with Crippen LogP contribution in [0.5, 0.6) is 0 Å². The smallest absolute Gasteiger partial charge is 0.0192 e. The molecule has 0 saturated carbocycles. The van der Waals surface area contributed by atoms with Gasteiger partial charge in [0.25, 0.3) is 0 Å². The topological polar surface area (TPSA) is 27.3 Å². The second-order valence-corrected chi connectivity index (χ2v) is 5.07. The van der Waals surface area contributed by atoms with Crippen molar-refractivity contribution in [1.82, 2.24) is 15.5 Å². The average molecular weight is 284 g/mol. The van der Waals surface area contributed by atoms with E-state index in [-0.39, 0.29) is 24.8 Å². The molecular weight excluding hydrogens is 257 g/mol. The number of piperidine rings is 1. The monoisotopic (exact) mass is 283 g/mol. The SMILES string of the molecule is C[C@H]1CNCCN1CCC1CCNCC1.Cl.Cl. The van der Waals surface area contributed by atoms with Crippen LogP contribution in [0.25, 0.3) is 0 Å². The molecule has 17 heavy (non-hydrogen) atoms. The van der Waals surface area contributed by atoms with E-state index in [1.165, 1.54) is 58.5 Å². The third kappa shape index (κ3) is 5.75. The zero-order chi connectivity index (χ0) is 10.5. The fraction of sp³-hybridized carbons (Fsp3) is 1.00. The van der Waals surface area contributed by atoms with Crippen LogP contribution in [-0.4, -0.2) is 50.2 Å². The minimum absolute atomic E-state index is 0. The summed E-state index contributed by atoms with van der Waals surface area (Å²) in [6, 6.07) is 0.737. The van der Waals surface area contributed by atoms with E-state index in [1.807, 2.05) is 0 Å². The number of rotatable bonds is 3. The molecule has 0 spiro atoms. The maximum Gasteiger partial charge on any atom is 0.0192 e. The van der Waals surface area contributed by atoms with Crippen molar-refractivity contribution >= 4 is 24.8 Å². The zero-order valence-corrected chi connectivity index (χ0v) is 12.4. The quantitative estimate of drug-likeness (QED) is 0.823. The lowest BCUT2D eigenvalue weighted by atomic mass is 9.94. The van der Waals surface area contributed by atoms with Crippen LogP contribution in [0, 0.1) is 5.92 Å². The van der Waals surface area contributed by atoms with Crippen LogP contribution in [-0.2, 0) is 0 Å². The predicted octanol–water partition coefficient (Wildman–Crippen LogP) is 1.51. The first kappa shape index (κ1) is 17.5. The Morgan fingerprint density at radius 2 is 1.76 bits per heavy atom. The Hall–Kier alpha value is 0.460. The second kappa shape index (κ2) is 9.40. The third-order valence-electron chi connectivity index (χ3n) is 3.92. The molecule has 0 aromatic carbocycles. The molecular formula is C12H27Cl2N3. The van der Waals surface area contributed by atoms with Crippen molar-refractivity contribution in [2.45, 2.75) is 32.2 Å². The van der Waals surface area contributed by atoms with Gasteiger partial charge in [0.05, 0.1) is 0 Å². The molecule has 0 bridgehead atoms. The van der Waals surface area contributed by atoms with Crippen LogP contribution in [0.15, 0.2) is 0 Å². The third-order valence-corrected chi connectivity index (χ3v) is 3.92. The second-order valence-electron chi connectivity index (χ2n) is 5.07. The van der Waals surface area contributed by atoms with Crippen molar-refractivity contribution in [3.8, 4) is 0 Å². The molecule has 1 atom stereocenters. The van der Waals surface area contributed by atoms with Gasteiger partial charge in [-0.15, -0.1) is 24.8 Å². The summed E-state index contributed by atoms with van der Waals surface area (Å²) in [4.78, 5) is 2.65. The summed E-state index contributed by atoms with van der Waals surface area (Å²) in [7, 11) is 0. The van der Waals surface area contributed by atoms with E-state index in [0.717, 1.165) is 12.0 Å². The van der Waals surface area contributed by atoms with E-state index < -0.39 is 0 Å². The normalized spacial score (nSPS) is 27.0. The number of halogens is 2. The lowest BCUT2D eigenvalue weighted by Crippen LogP contribution is -2.50. The van der Waals surface area contributed by atoms with Crippen LogP contribution in [0.4, 0.5) is 0 Å². The molecule has 2 fully saturated rings. The summed E-state index contributed by atoms with van der Waals surface area (Å²) in [5.74, 6) is 0.980. The van der Waals surface area contributed by atoms with Crippen molar-refractivity contribution in [1.29, 1.82) is 0 Å². The number of nitrogens with zero attached hydrogens (tertiary/aromatic N) is 1. The molecule has 2 heterocycles. The highest BCUT2D eigenvalue weighted by Crippen LogP contribution is 2.17. The van der Waals surface area contributed by atoms with Crippen LogP contribution >= 0.6 is 24.8 Å². The van der Waals surface area contributed by atoms with Gasteiger partial charge < -0.3 is 10.6 Å². The standard InChI is InChI=1S/C12H25N3.2ClH/c1-11-10-14-7-9-15(11)8-4-12-2-5-13-6-3-12;;/h11-14H,2-10H2,1H3;2*1H/t11-;;/m0../s1. The van der Waals surface area contributed by atoms with Crippen molar-refractivity contribution in [2.24, 2.45) is 5.92 Å². The summed E-state index contributed by atoms with van der Waals surface area (Å²) >= 11 is 0. The predicted molar refractivity (Wildman–Crippen MR) is 78.6 cm³/mol.